The number of hydrogen-bond donors (Lipinski definition) is 6. The molecule has 0 fully saturated rings. The predicted octanol–water partition coefficient (Wildman–Crippen LogP) is -0.0659. The molecule has 1 aromatic rings. The number of phenolic OH excluding ortho intramolecular Hbond substituents is 1. The van der Waals surface area contributed by atoms with Crippen LogP contribution in [0, 0.1) is 0 Å². The Hall–Kier alpha value is -2.79. The number of carboxylic acid groups (broad SMARTS) is 2. The van der Waals surface area contributed by atoms with Gasteiger partial charge in [0.25, 0.3) is 0 Å². The number of carbonyl (C=O) groups excluding carboxylic acids is 2. The van der Waals surface area contributed by atoms with Crippen LogP contribution in [-0.4, -0.2) is 69.2 Å². The Morgan fingerprint density at radius 1 is 1.00 bits per heavy atom. The van der Waals surface area contributed by atoms with Gasteiger partial charge in [0.2, 0.25) is 11.8 Å². The van der Waals surface area contributed by atoms with E-state index in [0.29, 0.717) is 11.3 Å². The standard InChI is InChI=1S/C19H27N3O7S/c1-30-9-8-14(21-17(26)13(20)6-7-16(24)25)18(27)22-15(19(28)29)10-11-2-4-12(23)5-3-11/h2-5,13-15,23H,6-10,20H2,1H3,(H,21,26)(H,22,27)(H,24,25)(H,28,29)/t13-,14-,15-/m0/s1. The molecule has 0 aromatic heterocycles. The second-order valence-corrected chi connectivity index (χ2v) is 7.64. The van der Waals surface area contributed by atoms with Crippen LogP contribution in [0.2, 0.25) is 0 Å². The first-order chi connectivity index (χ1) is 14.1. The summed E-state index contributed by atoms with van der Waals surface area (Å²) in [5.41, 5.74) is 6.28. The third-order valence-electron chi connectivity index (χ3n) is 4.24. The lowest BCUT2D eigenvalue weighted by molar-refractivity contribution is -0.142. The van der Waals surface area contributed by atoms with Gasteiger partial charge in [-0.25, -0.2) is 4.79 Å². The van der Waals surface area contributed by atoms with E-state index in [-0.39, 0.29) is 31.4 Å². The smallest absolute Gasteiger partial charge is 0.326 e. The third kappa shape index (κ3) is 9.14. The molecule has 1 rings (SSSR count). The number of rotatable bonds is 13. The molecule has 0 heterocycles. The van der Waals surface area contributed by atoms with Gasteiger partial charge in [0.05, 0.1) is 6.04 Å². The van der Waals surface area contributed by atoms with Crippen molar-refractivity contribution in [1.82, 2.24) is 10.6 Å². The van der Waals surface area contributed by atoms with Crippen molar-refractivity contribution in [2.45, 2.75) is 43.8 Å². The molecule has 0 aliphatic heterocycles. The van der Waals surface area contributed by atoms with Crippen LogP contribution >= 0.6 is 11.8 Å². The van der Waals surface area contributed by atoms with Gasteiger partial charge in [-0.3, -0.25) is 14.4 Å². The first-order valence-corrected chi connectivity index (χ1v) is 10.6. The van der Waals surface area contributed by atoms with Crippen molar-refractivity contribution in [3.63, 3.8) is 0 Å². The van der Waals surface area contributed by atoms with Crippen molar-refractivity contribution < 1.29 is 34.5 Å². The van der Waals surface area contributed by atoms with E-state index in [2.05, 4.69) is 10.6 Å². The Kier molecular flexibility index (Phi) is 10.7. The van der Waals surface area contributed by atoms with E-state index in [9.17, 15) is 29.4 Å². The molecule has 0 saturated heterocycles. The molecule has 0 aliphatic carbocycles. The Morgan fingerprint density at radius 3 is 2.13 bits per heavy atom. The van der Waals surface area contributed by atoms with Gasteiger partial charge in [0.15, 0.2) is 0 Å². The number of benzene rings is 1. The number of carboxylic acids is 2. The van der Waals surface area contributed by atoms with E-state index in [1.165, 1.54) is 23.9 Å². The van der Waals surface area contributed by atoms with Crippen LogP contribution in [0.15, 0.2) is 24.3 Å². The van der Waals surface area contributed by atoms with Gasteiger partial charge in [-0.1, -0.05) is 12.1 Å². The second-order valence-electron chi connectivity index (χ2n) is 6.65. The minimum Gasteiger partial charge on any atom is -0.508 e. The summed E-state index contributed by atoms with van der Waals surface area (Å²) in [4.78, 5) is 47.1. The van der Waals surface area contributed by atoms with Gasteiger partial charge in [-0.2, -0.15) is 11.8 Å². The first-order valence-electron chi connectivity index (χ1n) is 9.21. The van der Waals surface area contributed by atoms with Crippen LogP contribution < -0.4 is 16.4 Å². The molecular weight excluding hydrogens is 414 g/mol. The topological polar surface area (TPSA) is 179 Å². The molecule has 166 valence electrons. The van der Waals surface area contributed by atoms with Gasteiger partial charge in [-0.15, -0.1) is 0 Å². The van der Waals surface area contributed by atoms with Crippen LogP contribution in [0.4, 0.5) is 0 Å². The van der Waals surface area contributed by atoms with Gasteiger partial charge in [0.1, 0.15) is 17.8 Å². The number of aromatic hydroxyl groups is 1. The second kappa shape index (κ2) is 12.7. The lowest BCUT2D eigenvalue weighted by atomic mass is 10.0. The van der Waals surface area contributed by atoms with Gasteiger partial charge in [-0.05, 0) is 42.5 Å². The highest BCUT2D eigenvalue weighted by Crippen LogP contribution is 2.12. The van der Waals surface area contributed by atoms with Crippen LogP contribution in [0.3, 0.4) is 0 Å². The van der Waals surface area contributed by atoms with Crippen molar-refractivity contribution >= 4 is 35.5 Å². The zero-order valence-electron chi connectivity index (χ0n) is 16.5. The van der Waals surface area contributed by atoms with Crippen molar-refractivity contribution in [3.8, 4) is 5.75 Å². The third-order valence-corrected chi connectivity index (χ3v) is 4.88. The Balaban J connectivity index is 2.80. The predicted molar refractivity (Wildman–Crippen MR) is 111 cm³/mol. The Labute approximate surface area is 178 Å². The summed E-state index contributed by atoms with van der Waals surface area (Å²) in [6.07, 6.45) is 1.68. The van der Waals surface area contributed by atoms with Crippen molar-refractivity contribution in [2.24, 2.45) is 5.73 Å². The monoisotopic (exact) mass is 441 g/mol. The molecule has 30 heavy (non-hydrogen) atoms. The molecular formula is C19H27N3O7S. The maximum atomic E-state index is 12.7. The van der Waals surface area contributed by atoms with Gasteiger partial charge in [0, 0.05) is 12.8 Å². The summed E-state index contributed by atoms with van der Waals surface area (Å²) >= 11 is 1.45. The number of nitrogens with one attached hydrogen (secondary N) is 2. The molecule has 7 N–H and O–H groups in total. The fourth-order valence-electron chi connectivity index (χ4n) is 2.53. The van der Waals surface area contributed by atoms with E-state index in [4.69, 9.17) is 10.8 Å². The molecule has 11 heteroatoms. The summed E-state index contributed by atoms with van der Waals surface area (Å²) < 4.78 is 0. The highest BCUT2D eigenvalue weighted by atomic mass is 32.2. The fourth-order valence-corrected chi connectivity index (χ4v) is 3.00. The molecule has 3 atom stereocenters. The SMILES string of the molecule is CSCC[C@H](NC(=O)[C@@H](N)CCC(=O)O)C(=O)N[C@@H](Cc1ccc(O)cc1)C(=O)O. The zero-order chi connectivity index (χ0) is 22.7. The van der Waals surface area contributed by atoms with Crippen LogP contribution in [0.25, 0.3) is 0 Å². The normalized spacial score (nSPS) is 13.7. The highest BCUT2D eigenvalue weighted by Gasteiger charge is 2.28. The summed E-state index contributed by atoms with van der Waals surface area (Å²) in [5, 5.41) is 32.4. The van der Waals surface area contributed by atoms with Crippen molar-refractivity contribution in [2.75, 3.05) is 12.0 Å². The molecule has 10 nitrogen and oxygen atoms in total. The lowest BCUT2D eigenvalue weighted by Crippen LogP contribution is -2.55. The van der Waals surface area contributed by atoms with Gasteiger partial charge < -0.3 is 31.7 Å². The average molecular weight is 442 g/mol. The summed E-state index contributed by atoms with van der Waals surface area (Å²) in [5.74, 6) is -3.12. The molecule has 1 aromatic carbocycles. The van der Waals surface area contributed by atoms with Crippen molar-refractivity contribution in [3.05, 3.63) is 29.8 Å². The Morgan fingerprint density at radius 2 is 1.60 bits per heavy atom. The van der Waals surface area contributed by atoms with E-state index in [0.717, 1.165) is 0 Å². The maximum Gasteiger partial charge on any atom is 0.326 e. The van der Waals surface area contributed by atoms with Crippen LogP contribution in [0.1, 0.15) is 24.8 Å². The number of phenols is 1. The lowest BCUT2D eigenvalue weighted by Gasteiger charge is -2.23. The zero-order valence-corrected chi connectivity index (χ0v) is 17.4. The minimum absolute atomic E-state index is 0.0112. The Bertz CT molecular complexity index is 742. The quantitative estimate of drug-likeness (QED) is 0.244. The maximum absolute atomic E-state index is 12.7. The molecule has 0 unspecified atom stereocenters. The molecule has 0 radical (unpaired) electrons. The van der Waals surface area contributed by atoms with E-state index < -0.39 is 41.9 Å². The summed E-state index contributed by atoms with van der Waals surface area (Å²) in [6, 6.07) is 2.57. The van der Waals surface area contributed by atoms with Crippen molar-refractivity contribution in [1.29, 1.82) is 0 Å². The molecule has 0 bridgehead atoms. The average Bonchev–Trinajstić information content (AvgIpc) is 2.69. The molecule has 0 aliphatic rings. The van der Waals surface area contributed by atoms with Crippen LogP contribution in [0.5, 0.6) is 5.75 Å². The fraction of sp³-hybridized carbons (Fsp3) is 0.474. The number of hydrogen-bond acceptors (Lipinski definition) is 7. The largest absolute Gasteiger partial charge is 0.508 e. The highest BCUT2D eigenvalue weighted by molar-refractivity contribution is 7.98. The van der Waals surface area contributed by atoms with E-state index >= 15 is 0 Å². The number of nitrogens with two attached hydrogens (primary N) is 1. The number of carbonyl (C=O) groups is 4. The summed E-state index contributed by atoms with van der Waals surface area (Å²) in [6.45, 7) is 0. The van der Waals surface area contributed by atoms with Crippen LogP contribution in [-0.2, 0) is 25.6 Å². The van der Waals surface area contributed by atoms with E-state index in [1.54, 1.807) is 12.1 Å². The minimum atomic E-state index is -1.25. The summed E-state index contributed by atoms with van der Waals surface area (Å²) in [7, 11) is 0. The van der Waals surface area contributed by atoms with Gasteiger partial charge >= 0.3 is 11.9 Å². The molecule has 2 amide bonds. The number of aliphatic carboxylic acids is 2. The van der Waals surface area contributed by atoms with E-state index in [1.807, 2.05) is 6.26 Å². The molecule has 0 spiro atoms. The molecule has 0 saturated carbocycles. The number of amides is 2. The number of thioether (sulfide) groups is 1. The first kappa shape index (κ1) is 25.2.